The van der Waals surface area contributed by atoms with Gasteiger partial charge in [-0.2, -0.15) is 5.10 Å². The molecular formula is C16H10F4N2O3. The van der Waals surface area contributed by atoms with Crippen LogP contribution in [0.5, 0.6) is 5.75 Å². The first-order valence-electron chi connectivity index (χ1n) is 6.92. The number of rotatable bonds is 3. The van der Waals surface area contributed by atoms with Gasteiger partial charge in [0.05, 0.1) is 12.8 Å². The number of nitrogens with zero attached hydrogens (tertiary/aromatic N) is 2. The molecule has 0 radical (unpaired) electrons. The SMILES string of the molecule is COC(=O)c1nn(-c2ccc(OC(F)(F)F)cc2)c2c(F)cccc12. The molecule has 0 N–H and O–H groups in total. The van der Waals surface area contributed by atoms with Crippen molar-refractivity contribution in [2.75, 3.05) is 7.11 Å². The van der Waals surface area contributed by atoms with Gasteiger partial charge in [0.15, 0.2) is 5.69 Å². The Hall–Kier alpha value is -3.10. The number of ether oxygens (including phenoxy) is 2. The molecule has 0 saturated heterocycles. The van der Waals surface area contributed by atoms with Crippen LogP contribution in [0.15, 0.2) is 42.5 Å². The first-order chi connectivity index (χ1) is 11.8. The zero-order valence-corrected chi connectivity index (χ0v) is 12.7. The fourth-order valence-electron chi connectivity index (χ4n) is 2.35. The Bertz CT molecular complexity index is 933. The standard InChI is InChI=1S/C16H10F4N2O3/c1-24-15(23)13-11-3-2-4-12(17)14(11)22(21-13)9-5-7-10(8-6-9)25-16(18,19)20/h2-8H,1H3. The molecule has 3 aromatic rings. The summed E-state index contributed by atoms with van der Waals surface area (Å²) >= 11 is 0. The van der Waals surface area contributed by atoms with Crippen molar-refractivity contribution in [3.05, 3.63) is 54.0 Å². The van der Waals surface area contributed by atoms with E-state index in [0.717, 1.165) is 23.9 Å². The van der Waals surface area contributed by atoms with E-state index in [2.05, 4.69) is 14.6 Å². The van der Waals surface area contributed by atoms with E-state index in [9.17, 15) is 22.4 Å². The van der Waals surface area contributed by atoms with Crippen molar-refractivity contribution in [1.29, 1.82) is 0 Å². The Balaban J connectivity index is 2.11. The molecule has 0 atom stereocenters. The van der Waals surface area contributed by atoms with Gasteiger partial charge in [-0.05, 0) is 30.3 Å². The zero-order chi connectivity index (χ0) is 18.2. The van der Waals surface area contributed by atoms with Gasteiger partial charge in [-0.15, -0.1) is 13.2 Å². The summed E-state index contributed by atoms with van der Waals surface area (Å²) in [5.74, 6) is -1.83. The number of hydrogen-bond donors (Lipinski definition) is 0. The number of alkyl halides is 3. The highest BCUT2D eigenvalue weighted by Gasteiger charge is 2.31. The Morgan fingerprint density at radius 3 is 2.40 bits per heavy atom. The van der Waals surface area contributed by atoms with Crippen LogP contribution in [0.2, 0.25) is 0 Å². The monoisotopic (exact) mass is 354 g/mol. The van der Waals surface area contributed by atoms with Gasteiger partial charge in [-0.25, -0.2) is 13.9 Å². The van der Waals surface area contributed by atoms with Gasteiger partial charge >= 0.3 is 12.3 Å². The second kappa shape index (κ2) is 6.08. The minimum absolute atomic E-state index is 0.00684. The molecule has 2 aromatic carbocycles. The molecule has 1 heterocycles. The number of para-hydroxylation sites is 1. The van der Waals surface area contributed by atoms with Gasteiger partial charge in [0, 0.05) is 5.39 Å². The highest BCUT2D eigenvalue weighted by molar-refractivity contribution is 6.02. The number of aromatic nitrogens is 2. The smallest absolute Gasteiger partial charge is 0.464 e. The van der Waals surface area contributed by atoms with Crippen LogP contribution in [0.3, 0.4) is 0 Å². The highest BCUT2D eigenvalue weighted by atomic mass is 19.4. The molecule has 1 aromatic heterocycles. The van der Waals surface area contributed by atoms with Crippen molar-refractivity contribution in [2.24, 2.45) is 0 Å². The lowest BCUT2D eigenvalue weighted by molar-refractivity contribution is -0.274. The van der Waals surface area contributed by atoms with Gasteiger partial charge in [0.25, 0.3) is 0 Å². The number of halogens is 4. The summed E-state index contributed by atoms with van der Waals surface area (Å²) < 4.78 is 60.4. The van der Waals surface area contributed by atoms with Gasteiger partial charge in [0.2, 0.25) is 0 Å². The Morgan fingerprint density at radius 2 is 1.80 bits per heavy atom. The van der Waals surface area contributed by atoms with E-state index in [1.54, 1.807) is 0 Å². The summed E-state index contributed by atoms with van der Waals surface area (Å²) in [7, 11) is 1.16. The molecule has 0 amide bonds. The quantitative estimate of drug-likeness (QED) is 0.530. The third-order valence-corrected chi connectivity index (χ3v) is 3.35. The molecule has 9 heteroatoms. The number of methoxy groups -OCH3 is 1. The molecule has 3 rings (SSSR count). The van der Waals surface area contributed by atoms with Crippen molar-refractivity contribution in [1.82, 2.24) is 9.78 Å². The van der Waals surface area contributed by atoms with Crippen LogP contribution in [-0.2, 0) is 4.74 Å². The number of esters is 1. The third-order valence-electron chi connectivity index (χ3n) is 3.35. The maximum Gasteiger partial charge on any atom is 0.573 e. The highest BCUT2D eigenvalue weighted by Crippen LogP contribution is 2.27. The summed E-state index contributed by atoms with van der Waals surface area (Å²) in [6.07, 6.45) is -4.82. The molecule has 0 unspecified atom stereocenters. The molecule has 0 aliphatic heterocycles. The minimum atomic E-state index is -4.82. The summed E-state index contributed by atoms with van der Waals surface area (Å²) in [5.41, 5.74) is 0.153. The lowest BCUT2D eigenvalue weighted by Crippen LogP contribution is -2.17. The van der Waals surface area contributed by atoms with E-state index in [-0.39, 0.29) is 22.3 Å². The van der Waals surface area contributed by atoms with E-state index in [1.165, 1.54) is 30.3 Å². The van der Waals surface area contributed by atoms with Crippen LogP contribution in [0, 0.1) is 5.82 Å². The summed E-state index contributed by atoms with van der Waals surface area (Å²) in [6, 6.07) is 8.75. The van der Waals surface area contributed by atoms with E-state index < -0.39 is 23.9 Å². The average Bonchev–Trinajstić information content (AvgIpc) is 2.94. The lowest BCUT2D eigenvalue weighted by Gasteiger charge is -2.09. The fraction of sp³-hybridized carbons (Fsp3) is 0.125. The Labute approximate surface area is 138 Å². The maximum atomic E-state index is 14.2. The first kappa shape index (κ1) is 16.7. The van der Waals surface area contributed by atoms with Crippen molar-refractivity contribution in [3.63, 3.8) is 0 Å². The minimum Gasteiger partial charge on any atom is -0.464 e. The second-order valence-corrected chi connectivity index (χ2v) is 4.93. The van der Waals surface area contributed by atoms with Crippen molar-refractivity contribution < 1.29 is 31.8 Å². The van der Waals surface area contributed by atoms with Crippen LogP contribution in [0.1, 0.15) is 10.5 Å². The molecule has 130 valence electrons. The largest absolute Gasteiger partial charge is 0.573 e. The van der Waals surface area contributed by atoms with Crippen molar-refractivity contribution in [3.8, 4) is 11.4 Å². The van der Waals surface area contributed by atoms with Crippen LogP contribution in [-0.4, -0.2) is 29.2 Å². The molecule has 0 bridgehead atoms. The predicted octanol–water partition coefficient (Wildman–Crippen LogP) is 3.85. The molecular weight excluding hydrogens is 344 g/mol. The Morgan fingerprint density at radius 1 is 1.12 bits per heavy atom. The molecule has 0 spiro atoms. The lowest BCUT2D eigenvalue weighted by atomic mass is 10.2. The number of benzene rings is 2. The number of fused-ring (bicyclic) bond motifs is 1. The van der Waals surface area contributed by atoms with Crippen LogP contribution in [0.4, 0.5) is 17.6 Å². The molecule has 0 saturated carbocycles. The summed E-state index contributed by atoms with van der Waals surface area (Å²) in [4.78, 5) is 11.8. The maximum absolute atomic E-state index is 14.2. The predicted molar refractivity (Wildman–Crippen MR) is 79.1 cm³/mol. The van der Waals surface area contributed by atoms with Crippen molar-refractivity contribution in [2.45, 2.75) is 6.36 Å². The van der Waals surface area contributed by atoms with Gasteiger partial charge in [-0.1, -0.05) is 12.1 Å². The number of hydrogen-bond acceptors (Lipinski definition) is 4. The van der Waals surface area contributed by atoms with Gasteiger partial charge in [-0.3, -0.25) is 0 Å². The fourth-order valence-corrected chi connectivity index (χ4v) is 2.35. The second-order valence-electron chi connectivity index (χ2n) is 4.93. The molecule has 0 aliphatic rings. The van der Waals surface area contributed by atoms with Gasteiger partial charge in [0.1, 0.15) is 17.1 Å². The molecule has 5 nitrogen and oxygen atoms in total. The van der Waals surface area contributed by atoms with E-state index >= 15 is 0 Å². The van der Waals surface area contributed by atoms with Gasteiger partial charge < -0.3 is 9.47 Å². The number of carbonyl (C=O) groups is 1. The van der Waals surface area contributed by atoms with Crippen LogP contribution >= 0.6 is 0 Å². The molecule has 0 aliphatic carbocycles. The molecule has 0 fully saturated rings. The van der Waals surface area contributed by atoms with Crippen LogP contribution in [0.25, 0.3) is 16.6 Å². The van der Waals surface area contributed by atoms with Crippen LogP contribution < -0.4 is 4.74 Å². The summed E-state index contributed by atoms with van der Waals surface area (Å²) in [6.45, 7) is 0. The average molecular weight is 354 g/mol. The third kappa shape index (κ3) is 3.25. The number of carbonyl (C=O) groups excluding carboxylic acids is 1. The Kier molecular flexibility index (Phi) is 4.07. The summed E-state index contributed by atoms with van der Waals surface area (Å²) in [5, 5.41) is 4.26. The van der Waals surface area contributed by atoms with E-state index in [0.29, 0.717) is 0 Å². The van der Waals surface area contributed by atoms with E-state index in [1.807, 2.05) is 0 Å². The normalized spacial score (nSPS) is 11.6. The topological polar surface area (TPSA) is 53.3 Å². The first-order valence-corrected chi connectivity index (χ1v) is 6.92. The van der Waals surface area contributed by atoms with Crippen molar-refractivity contribution >= 4 is 16.9 Å². The zero-order valence-electron chi connectivity index (χ0n) is 12.7. The molecule has 25 heavy (non-hydrogen) atoms. The van der Waals surface area contributed by atoms with E-state index in [4.69, 9.17) is 0 Å².